The standard InChI is InChI=1S/C8H8N2/c1-2-4-8-6-10-9-5-7(8)3-1/h1-5,8H,6H2. The van der Waals surface area contributed by atoms with Gasteiger partial charge in [0.15, 0.2) is 0 Å². The Morgan fingerprint density at radius 3 is 3.30 bits per heavy atom. The van der Waals surface area contributed by atoms with Crippen LogP contribution in [0.15, 0.2) is 46.3 Å². The van der Waals surface area contributed by atoms with Gasteiger partial charge in [-0.3, -0.25) is 0 Å². The fourth-order valence-corrected chi connectivity index (χ4v) is 1.15. The second kappa shape index (κ2) is 2.21. The van der Waals surface area contributed by atoms with Gasteiger partial charge in [-0.1, -0.05) is 24.3 Å². The van der Waals surface area contributed by atoms with E-state index in [4.69, 9.17) is 0 Å². The van der Waals surface area contributed by atoms with Crippen molar-refractivity contribution in [1.82, 2.24) is 0 Å². The van der Waals surface area contributed by atoms with Crippen molar-refractivity contribution in [2.45, 2.75) is 0 Å². The molecule has 0 amide bonds. The molecular formula is C8H8N2. The molecule has 2 rings (SSSR count). The van der Waals surface area contributed by atoms with Crippen molar-refractivity contribution < 1.29 is 0 Å². The summed E-state index contributed by atoms with van der Waals surface area (Å²) in [5.41, 5.74) is 1.28. The molecule has 50 valence electrons. The molecule has 1 unspecified atom stereocenters. The molecule has 0 aromatic heterocycles. The van der Waals surface area contributed by atoms with Crippen molar-refractivity contribution in [3.63, 3.8) is 0 Å². The minimum atomic E-state index is 0.488. The van der Waals surface area contributed by atoms with Gasteiger partial charge >= 0.3 is 0 Å². The second-order valence-electron chi connectivity index (χ2n) is 2.42. The number of fused-ring (bicyclic) bond motifs is 1. The summed E-state index contributed by atoms with van der Waals surface area (Å²) in [6.45, 7) is 0.812. The van der Waals surface area contributed by atoms with Gasteiger partial charge in [-0.15, -0.1) is 0 Å². The van der Waals surface area contributed by atoms with Crippen LogP contribution >= 0.6 is 0 Å². The Morgan fingerprint density at radius 1 is 1.40 bits per heavy atom. The Balaban J connectivity index is 2.34. The lowest BCUT2D eigenvalue weighted by atomic mass is 9.95. The van der Waals surface area contributed by atoms with Gasteiger partial charge in [0.1, 0.15) is 0 Å². The third-order valence-corrected chi connectivity index (χ3v) is 1.74. The number of azo groups is 1. The monoisotopic (exact) mass is 132 g/mol. The summed E-state index contributed by atoms with van der Waals surface area (Å²) < 4.78 is 0. The molecule has 0 spiro atoms. The topological polar surface area (TPSA) is 24.7 Å². The van der Waals surface area contributed by atoms with Crippen LogP contribution in [0.5, 0.6) is 0 Å². The SMILES string of the molecule is C1=CC2=CN=NCC2C=C1. The van der Waals surface area contributed by atoms with Gasteiger partial charge in [-0.05, 0) is 5.57 Å². The van der Waals surface area contributed by atoms with Crippen LogP contribution in [0.3, 0.4) is 0 Å². The summed E-state index contributed by atoms with van der Waals surface area (Å²) in [6.07, 6.45) is 10.2. The summed E-state index contributed by atoms with van der Waals surface area (Å²) in [5.74, 6) is 0.488. The van der Waals surface area contributed by atoms with Crippen molar-refractivity contribution in [1.29, 1.82) is 0 Å². The minimum Gasteiger partial charge on any atom is -0.188 e. The lowest BCUT2D eigenvalue weighted by molar-refractivity contribution is 0.721. The molecule has 2 nitrogen and oxygen atoms in total. The number of hydrogen-bond donors (Lipinski definition) is 0. The molecule has 0 N–H and O–H groups in total. The van der Waals surface area contributed by atoms with E-state index in [9.17, 15) is 0 Å². The number of hydrogen-bond acceptors (Lipinski definition) is 2. The van der Waals surface area contributed by atoms with Crippen LogP contribution in [0.25, 0.3) is 0 Å². The molecule has 1 atom stereocenters. The maximum atomic E-state index is 3.92. The highest BCUT2D eigenvalue weighted by atomic mass is 15.1. The maximum Gasteiger partial charge on any atom is 0.0707 e. The van der Waals surface area contributed by atoms with Crippen LogP contribution in [0.2, 0.25) is 0 Å². The Kier molecular flexibility index (Phi) is 1.24. The fraction of sp³-hybridized carbons (Fsp3) is 0.250. The van der Waals surface area contributed by atoms with Gasteiger partial charge in [0.2, 0.25) is 0 Å². The molecule has 0 aromatic carbocycles. The molecule has 10 heavy (non-hydrogen) atoms. The average molecular weight is 132 g/mol. The summed E-state index contributed by atoms with van der Waals surface area (Å²) in [5, 5.41) is 7.76. The zero-order valence-corrected chi connectivity index (χ0v) is 5.57. The third-order valence-electron chi connectivity index (χ3n) is 1.74. The second-order valence-corrected chi connectivity index (χ2v) is 2.42. The molecule has 1 heterocycles. The molecule has 2 heteroatoms. The van der Waals surface area contributed by atoms with Crippen LogP contribution in [-0.4, -0.2) is 6.54 Å². The predicted molar refractivity (Wildman–Crippen MR) is 39.6 cm³/mol. The minimum absolute atomic E-state index is 0.488. The first kappa shape index (κ1) is 5.59. The van der Waals surface area contributed by atoms with Gasteiger partial charge in [0, 0.05) is 5.92 Å². The van der Waals surface area contributed by atoms with Crippen LogP contribution < -0.4 is 0 Å². The molecule has 1 aliphatic carbocycles. The van der Waals surface area contributed by atoms with Crippen LogP contribution in [0, 0.1) is 5.92 Å². The van der Waals surface area contributed by atoms with E-state index < -0.39 is 0 Å². The van der Waals surface area contributed by atoms with Gasteiger partial charge in [-0.25, -0.2) is 0 Å². The molecule has 0 aromatic rings. The van der Waals surface area contributed by atoms with Crippen molar-refractivity contribution in [3.05, 3.63) is 36.1 Å². The van der Waals surface area contributed by atoms with E-state index in [2.05, 4.69) is 28.5 Å². The van der Waals surface area contributed by atoms with Gasteiger partial charge < -0.3 is 0 Å². The highest BCUT2D eigenvalue weighted by Crippen LogP contribution is 2.21. The van der Waals surface area contributed by atoms with Crippen LogP contribution in [0.4, 0.5) is 0 Å². The molecule has 0 fully saturated rings. The zero-order valence-electron chi connectivity index (χ0n) is 5.57. The Labute approximate surface area is 59.7 Å². The summed E-state index contributed by atoms with van der Waals surface area (Å²) in [4.78, 5) is 0. The molecule has 0 saturated carbocycles. The molecule has 0 radical (unpaired) electrons. The predicted octanol–water partition coefficient (Wildman–Crippen LogP) is 2.08. The van der Waals surface area contributed by atoms with E-state index in [1.165, 1.54) is 5.57 Å². The highest BCUT2D eigenvalue weighted by molar-refractivity contribution is 5.33. The van der Waals surface area contributed by atoms with E-state index in [1.807, 2.05) is 12.3 Å². The fourth-order valence-electron chi connectivity index (χ4n) is 1.15. The Bertz CT molecular complexity index is 246. The normalized spacial score (nSPS) is 28.0. The van der Waals surface area contributed by atoms with E-state index in [0.717, 1.165) is 6.54 Å². The average Bonchev–Trinajstić information content (AvgIpc) is 2.05. The van der Waals surface area contributed by atoms with Gasteiger partial charge in [0.25, 0.3) is 0 Å². The number of nitrogens with zero attached hydrogens (tertiary/aromatic N) is 2. The summed E-state index contributed by atoms with van der Waals surface area (Å²) >= 11 is 0. The molecular weight excluding hydrogens is 124 g/mol. The first-order chi connectivity index (χ1) is 4.97. The molecule has 0 bridgehead atoms. The first-order valence-corrected chi connectivity index (χ1v) is 3.38. The molecule has 1 aliphatic heterocycles. The number of rotatable bonds is 0. The lowest BCUT2D eigenvalue weighted by Crippen LogP contribution is -2.07. The van der Waals surface area contributed by atoms with Gasteiger partial charge in [0.05, 0.1) is 12.7 Å². The third kappa shape index (κ3) is 0.817. The lowest BCUT2D eigenvalue weighted by Gasteiger charge is -2.15. The van der Waals surface area contributed by atoms with Gasteiger partial charge in [-0.2, -0.15) is 10.2 Å². The smallest absolute Gasteiger partial charge is 0.0707 e. The zero-order chi connectivity index (χ0) is 6.81. The first-order valence-electron chi connectivity index (χ1n) is 3.38. The van der Waals surface area contributed by atoms with E-state index in [1.54, 1.807) is 0 Å². The summed E-state index contributed by atoms with van der Waals surface area (Å²) in [7, 11) is 0. The van der Waals surface area contributed by atoms with Crippen molar-refractivity contribution in [2.24, 2.45) is 16.1 Å². The maximum absolute atomic E-state index is 3.92. The van der Waals surface area contributed by atoms with Crippen molar-refractivity contribution in [2.75, 3.05) is 6.54 Å². The highest BCUT2D eigenvalue weighted by Gasteiger charge is 2.12. The quantitative estimate of drug-likeness (QED) is 0.482. The van der Waals surface area contributed by atoms with E-state index in [0.29, 0.717) is 5.92 Å². The van der Waals surface area contributed by atoms with E-state index >= 15 is 0 Å². The van der Waals surface area contributed by atoms with E-state index in [-0.39, 0.29) is 0 Å². The van der Waals surface area contributed by atoms with Crippen molar-refractivity contribution >= 4 is 0 Å². The van der Waals surface area contributed by atoms with Crippen LogP contribution in [-0.2, 0) is 0 Å². The molecule has 0 saturated heterocycles. The van der Waals surface area contributed by atoms with Crippen LogP contribution in [0.1, 0.15) is 0 Å². The Hall–Kier alpha value is -1.18. The largest absolute Gasteiger partial charge is 0.188 e. The van der Waals surface area contributed by atoms with Crippen molar-refractivity contribution in [3.8, 4) is 0 Å². The number of allylic oxidation sites excluding steroid dienone is 3. The Morgan fingerprint density at radius 2 is 2.40 bits per heavy atom. The summed E-state index contributed by atoms with van der Waals surface area (Å²) in [6, 6.07) is 0. The molecule has 2 aliphatic rings.